The standard InChI is InChI=1S/C28H31IN4O8S/c1-5-38-23(35)15-41-26-19(29)11-17(12-21(26)37-4)13-30-33-22(34)14-40-20-10-8-7-9-18(20)25-24(27(36)39-6-2)16(3)31-28(42)32-25/h7-13,25H,5-6,14-15H2,1-4H3,(H,33,34)(H2,31,32,42)/t25-/m1/s1. The van der Waals surface area contributed by atoms with Gasteiger partial charge in [-0.3, -0.25) is 4.79 Å². The number of thiocarbonyl (C=S) groups is 1. The molecule has 0 aliphatic carbocycles. The van der Waals surface area contributed by atoms with Crippen molar-refractivity contribution in [2.75, 3.05) is 33.5 Å². The molecule has 2 aromatic rings. The van der Waals surface area contributed by atoms with E-state index in [0.717, 1.165) is 0 Å². The Bertz CT molecular complexity index is 1400. The summed E-state index contributed by atoms with van der Waals surface area (Å²) in [6, 6.07) is 9.77. The lowest BCUT2D eigenvalue weighted by molar-refractivity contribution is -0.145. The van der Waals surface area contributed by atoms with E-state index in [9.17, 15) is 14.4 Å². The second-order valence-electron chi connectivity index (χ2n) is 8.54. The highest BCUT2D eigenvalue weighted by atomic mass is 127. The molecule has 0 radical (unpaired) electrons. The van der Waals surface area contributed by atoms with Crippen LogP contribution in [0.2, 0.25) is 0 Å². The van der Waals surface area contributed by atoms with E-state index in [4.69, 9.17) is 35.9 Å². The number of allylic oxidation sites excluding steroid dienone is 1. The molecule has 1 aliphatic heterocycles. The van der Waals surface area contributed by atoms with Crippen LogP contribution in [0.15, 0.2) is 52.8 Å². The summed E-state index contributed by atoms with van der Waals surface area (Å²) in [5.41, 5.74) is 4.57. The van der Waals surface area contributed by atoms with Crippen LogP contribution in [0.5, 0.6) is 17.2 Å². The van der Waals surface area contributed by atoms with Crippen LogP contribution >= 0.6 is 34.8 Å². The van der Waals surface area contributed by atoms with Crippen molar-refractivity contribution in [1.29, 1.82) is 0 Å². The molecule has 42 heavy (non-hydrogen) atoms. The molecular weight excluding hydrogens is 679 g/mol. The molecule has 1 amide bonds. The molecule has 0 spiro atoms. The molecule has 0 bridgehead atoms. The first-order valence-electron chi connectivity index (χ1n) is 12.8. The Morgan fingerprint density at radius 3 is 2.52 bits per heavy atom. The summed E-state index contributed by atoms with van der Waals surface area (Å²) in [7, 11) is 1.47. The Balaban J connectivity index is 1.66. The van der Waals surface area contributed by atoms with Gasteiger partial charge in [-0.25, -0.2) is 15.0 Å². The molecule has 0 unspecified atom stereocenters. The van der Waals surface area contributed by atoms with Gasteiger partial charge in [0.2, 0.25) is 0 Å². The number of methoxy groups -OCH3 is 1. The van der Waals surface area contributed by atoms with Gasteiger partial charge in [0.05, 0.1) is 41.7 Å². The third-order valence-corrected chi connectivity index (χ3v) is 6.67. The lowest BCUT2D eigenvalue weighted by atomic mass is 9.95. The number of carbonyl (C=O) groups excluding carboxylic acids is 3. The van der Waals surface area contributed by atoms with Crippen LogP contribution in [0.25, 0.3) is 0 Å². The molecule has 2 aromatic carbocycles. The summed E-state index contributed by atoms with van der Waals surface area (Å²) in [4.78, 5) is 36.9. The van der Waals surface area contributed by atoms with Gasteiger partial charge in [0.15, 0.2) is 29.8 Å². The van der Waals surface area contributed by atoms with Crippen molar-refractivity contribution in [2.24, 2.45) is 5.10 Å². The molecule has 0 saturated carbocycles. The number of rotatable bonds is 13. The Labute approximate surface area is 262 Å². The van der Waals surface area contributed by atoms with Crippen LogP contribution in [0.1, 0.15) is 37.9 Å². The van der Waals surface area contributed by atoms with E-state index in [1.807, 2.05) is 22.6 Å². The largest absolute Gasteiger partial charge is 0.493 e. The fourth-order valence-corrected chi connectivity index (χ4v) is 4.95. The monoisotopic (exact) mass is 710 g/mol. The van der Waals surface area contributed by atoms with Crippen molar-refractivity contribution in [2.45, 2.75) is 26.8 Å². The van der Waals surface area contributed by atoms with Crippen LogP contribution in [-0.4, -0.2) is 62.7 Å². The predicted molar refractivity (Wildman–Crippen MR) is 166 cm³/mol. The Morgan fingerprint density at radius 2 is 1.81 bits per heavy atom. The maximum absolute atomic E-state index is 12.7. The third kappa shape index (κ3) is 8.79. The van der Waals surface area contributed by atoms with Crippen molar-refractivity contribution in [1.82, 2.24) is 16.1 Å². The molecule has 3 rings (SSSR count). The number of nitrogens with zero attached hydrogens (tertiary/aromatic N) is 1. The number of benzene rings is 2. The molecule has 1 aliphatic rings. The van der Waals surface area contributed by atoms with Gasteiger partial charge in [-0.15, -0.1) is 0 Å². The highest BCUT2D eigenvalue weighted by Crippen LogP contribution is 2.34. The van der Waals surface area contributed by atoms with Gasteiger partial charge >= 0.3 is 11.9 Å². The second kappa shape index (κ2) is 15.9. The average molecular weight is 711 g/mol. The zero-order valence-corrected chi connectivity index (χ0v) is 26.4. The van der Waals surface area contributed by atoms with Gasteiger partial charge in [-0.2, -0.15) is 5.10 Å². The van der Waals surface area contributed by atoms with Gasteiger partial charge in [-0.05, 0) is 79.3 Å². The minimum atomic E-state index is -0.642. The van der Waals surface area contributed by atoms with Gasteiger partial charge in [0, 0.05) is 11.3 Å². The number of hydrogen-bond donors (Lipinski definition) is 3. The van der Waals surface area contributed by atoms with E-state index >= 15 is 0 Å². The average Bonchev–Trinajstić information content (AvgIpc) is 2.95. The van der Waals surface area contributed by atoms with Crippen LogP contribution in [0, 0.1) is 3.57 Å². The smallest absolute Gasteiger partial charge is 0.344 e. The molecule has 12 nitrogen and oxygen atoms in total. The summed E-state index contributed by atoms with van der Waals surface area (Å²) in [5, 5.41) is 10.4. The summed E-state index contributed by atoms with van der Waals surface area (Å²) in [6.45, 7) is 5.05. The van der Waals surface area contributed by atoms with Crippen molar-refractivity contribution < 1.29 is 38.1 Å². The molecule has 224 valence electrons. The van der Waals surface area contributed by atoms with Crippen LogP contribution in [0.4, 0.5) is 0 Å². The third-order valence-electron chi connectivity index (χ3n) is 5.65. The van der Waals surface area contributed by atoms with E-state index < -0.39 is 23.9 Å². The SMILES string of the molecule is CCOC(=O)COc1c(I)cc(C=NNC(=O)COc2ccccc2[C@H]2NC(=S)NC(C)=C2C(=O)OCC)cc1OC. The molecule has 3 N–H and O–H groups in total. The highest BCUT2D eigenvalue weighted by molar-refractivity contribution is 14.1. The Kier molecular flexibility index (Phi) is 12.3. The molecule has 1 atom stereocenters. The number of carbonyl (C=O) groups is 3. The predicted octanol–water partition coefficient (Wildman–Crippen LogP) is 3.13. The lowest BCUT2D eigenvalue weighted by Crippen LogP contribution is -2.45. The number of para-hydroxylation sites is 1. The maximum atomic E-state index is 12.7. The van der Waals surface area contributed by atoms with Crippen molar-refractivity contribution in [3.8, 4) is 17.2 Å². The number of nitrogens with one attached hydrogen (secondary N) is 3. The van der Waals surface area contributed by atoms with Gasteiger partial charge in [0.25, 0.3) is 5.91 Å². The molecule has 0 saturated heterocycles. The maximum Gasteiger partial charge on any atom is 0.344 e. The molecule has 14 heteroatoms. The topological polar surface area (TPSA) is 146 Å². The van der Waals surface area contributed by atoms with E-state index in [-0.39, 0.29) is 26.4 Å². The number of halogens is 1. The number of amides is 1. The van der Waals surface area contributed by atoms with E-state index in [1.165, 1.54) is 13.3 Å². The first-order chi connectivity index (χ1) is 20.2. The highest BCUT2D eigenvalue weighted by Gasteiger charge is 2.32. The number of hydrogen-bond acceptors (Lipinski definition) is 10. The van der Waals surface area contributed by atoms with E-state index in [0.29, 0.717) is 48.3 Å². The minimum absolute atomic E-state index is 0.213. The van der Waals surface area contributed by atoms with Gasteiger partial charge in [-0.1, -0.05) is 18.2 Å². The van der Waals surface area contributed by atoms with Crippen molar-refractivity contribution >= 4 is 64.0 Å². The summed E-state index contributed by atoms with van der Waals surface area (Å²) < 4.78 is 27.5. The first kappa shape index (κ1) is 32.6. The van der Waals surface area contributed by atoms with Crippen LogP contribution in [-0.2, 0) is 23.9 Å². The zero-order valence-electron chi connectivity index (χ0n) is 23.4. The minimum Gasteiger partial charge on any atom is -0.493 e. The van der Waals surface area contributed by atoms with Gasteiger partial charge < -0.3 is 34.3 Å². The first-order valence-corrected chi connectivity index (χ1v) is 14.3. The lowest BCUT2D eigenvalue weighted by Gasteiger charge is -2.30. The second-order valence-corrected chi connectivity index (χ2v) is 10.1. The van der Waals surface area contributed by atoms with Crippen LogP contribution < -0.4 is 30.3 Å². The zero-order chi connectivity index (χ0) is 30.6. The summed E-state index contributed by atoms with van der Waals surface area (Å²) >= 11 is 7.35. The van der Waals surface area contributed by atoms with Gasteiger partial charge in [0.1, 0.15) is 5.75 Å². The normalized spacial score (nSPS) is 14.5. The number of esters is 2. The van der Waals surface area contributed by atoms with Crippen molar-refractivity contribution in [3.05, 3.63) is 62.4 Å². The van der Waals surface area contributed by atoms with E-state index in [2.05, 4.69) is 21.2 Å². The van der Waals surface area contributed by atoms with Crippen LogP contribution in [0.3, 0.4) is 0 Å². The molecule has 1 heterocycles. The fourth-order valence-electron chi connectivity index (χ4n) is 3.90. The number of hydrazone groups is 1. The Morgan fingerprint density at radius 1 is 1.07 bits per heavy atom. The Hall–Kier alpha value is -3.92. The number of ether oxygens (including phenoxy) is 5. The molecule has 0 aromatic heterocycles. The fraction of sp³-hybridized carbons (Fsp3) is 0.321. The van der Waals surface area contributed by atoms with Crippen molar-refractivity contribution in [3.63, 3.8) is 0 Å². The molecule has 0 fully saturated rings. The summed E-state index contributed by atoms with van der Waals surface area (Å²) in [6.07, 6.45) is 1.44. The molecular formula is C28H31IN4O8S. The van der Waals surface area contributed by atoms with E-state index in [1.54, 1.807) is 57.2 Å². The summed E-state index contributed by atoms with van der Waals surface area (Å²) in [5.74, 6) is -0.338. The quantitative estimate of drug-likeness (QED) is 0.0928.